The lowest BCUT2D eigenvalue weighted by atomic mass is 10.1. The van der Waals surface area contributed by atoms with Crippen LogP contribution in [0.15, 0.2) is 0 Å². The Labute approximate surface area is 119 Å². The topological polar surface area (TPSA) is 26.0 Å². The number of nitrogens with zero attached hydrogens (tertiary/aromatic N) is 1. The van der Waals surface area contributed by atoms with Crippen LogP contribution in [0.25, 0.3) is 0 Å². The maximum Gasteiger partial charge on any atom is 0.0780 e. The maximum absolute atomic E-state index is 5.46. The van der Waals surface area contributed by atoms with Gasteiger partial charge in [-0.05, 0) is 25.8 Å². The van der Waals surface area contributed by atoms with Crippen LogP contribution in [0, 0.1) is 0 Å². The standard InChI is InChI=1S/C14H33N2.BrH/c1-16(2,3)14-12-10-8-6-4-5-7-9-11-13-15;/h4-15H2,1-3H3;1H/q+1;/p-1. The number of unbranched alkanes of at least 4 members (excludes halogenated alkanes) is 8. The second-order valence-electron chi connectivity index (χ2n) is 5.98. The summed E-state index contributed by atoms with van der Waals surface area (Å²) >= 11 is 0. The van der Waals surface area contributed by atoms with Crippen molar-refractivity contribution in [2.24, 2.45) is 5.73 Å². The van der Waals surface area contributed by atoms with Gasteiger partial charge in [0, 0.05) is 0 Å². The van der Waals surface area contributed by atoms with E-state index in [9.17, 15) is 0 Å². The SMILES string of the molecule is C[N+](C)(C)CCCCCCCCCCCN.[Br-]. The highest BCUT2D eigenvalue weighted by Gasteiger charge is 2.04. The Balaban J connectivity index is 0. The van der Waals surface area contributed by atoms with Crippen molar-refractivity contribution in [3.63, 3.8) is 0 Å². The summed E-state index contributed by atoms with van der Waals surface area (Å²) in [5.41, 5.74) is 5.46. The van der Waals surface area contributed by atoms with Crippen LogP contribution in [0.4, 0.5) is 0 Å². The lowest BCUT2D eigenvalue weighted by Crippen LogP contribution is -3.00. The van der Waals surface area contributed by atoms with Crippen LogP contribution in [-0.2, 0) is 0 Å². The van der Waals surface area contributed by atoms with Crippen LogP contribution in [0.2, 0.25) is 0 Å². The Morgan fingerprint density at radius 3 is 1.35 bits per heavy atom. The number of rotatable bonds is 11. The zero-order valence-corrected chi connectivity index (χ0v) is 13.8. The third kappa shape index (κ3) is 18.9. The summed E-state index contributed by atoms with van der Waals surface area (Å²) in [5.74, 6) is 0. The normalized spacial score (nSPS) is 11.3. The first kappa shape index (κ1) is 19.7. The summed E-state index contributed by atoms with van der Waals surface area (Å²) in [6, 6.07) is 0. The molecule has 3 heteroatoms. The smallest absolute Gasteiger partial charge is 0.0780 e. The largest absolute Gasteiger partial charge is 1.00 e. The summed E-state index contributed by atoms with van der Waals surface area (Å²) < 4.78 is 1.11. The molecule has 2 nitrogen and oxygen atoms in total. The summed E-state index contributed by atoms with van der Waals surface area (Å²) in [4.78, 5) is 0. The molecule has 106 valence electrons. The zero-order valence-electron chi connectivity index (χ0n) is 12.2. The Morgan fingerprint density at radius 1 is 0.647 bits per heavy atom. The third-order valence-corrected chi connectivity index (χ3v) is 3.03. The molecule has 0 aromatic heterocycles. The summed E-state index contributed by atoms with van der Waals surface area (Å²) in [5, 5.41) is 0. The van der Waals surface area contributed by atoms with Gasteiger partial charge in [-0.3, -0.25) is 0 Å². The van der Waals surface area contributed by atoms with E-state index in [1.54, 1.807) is 0 Å². The van der Waals surface area contributed by atoms with Gasteiger partial charge in [-0.1, -0.05) is 38.5 Å². The molecule has 0 amide bonds. The highest BCUT2D eigenvalue weighted by molar-refractivity contribution is 4.47. The molecule has 0 heterocycles. The Hall–Kier alpha value is 0.400. The first-order chi connectivity index (χ1) is 7.56. The van der Waals surface area contributed by atoms with E-state index < -0.39 is 0 Å². The molecule has 0 saturated heterocycles. The summed E-state index contributed by atoms with van der Waals surface area (Å²) in [6.45, 7) is 2.18. The number of hydrogen-bond donors (Lipinski definition) is 1. The molecule has 0 aliphatic carbocycles. The second-order valence-corrected chi connectivity index (χ2v) is 5.98. The number of hydrogen-bond acceptors (Lipinski definition) is 1. The van der Waals surface area contributed by atoms with Gasteiger partial charge in [0.1, 0.15) is 0 Å². The number of nitrogens with two attached hydrogens (primary N) is 1. The van der Waals surface area contributed by atoms with Crippen molar-refractivity contribution >= 4 is 0 Å². The van der Waals surface area contributed by atoms with Crippen molar-refractivity contribution in [3.8, 4) is 0 Å². The maximum atomic E-state index is 5.46. The molecule has 0 atom stereocenters. The van der Waals surface area contributed by atoms with Crippen LogP contribution in [0.1, 0.15) is 57.8 Å². The van der Waals surface area contributed by atoms with E-state index in [1.165, 1.54) is 64.3 Å². The van der Waals surface area contributed by atoms with Gasteiger partial charge in [-0.15, -0.1) is 0 Å². The number of halogens is 1. The predicted molar refractivity (Wildman–Crippen MR) is 73.5 cm³/mol. The molecule has 0 rings (SSSR count). The molecule has 0 saturated carbocycles. The van der Waals surface area contributed by atoms with Gasteiger partial charge in [-0.2, -0.15) is 0 Å². The van der Waals surface area contributed by atoms with Crippen LogP contribution in [-0.4, -0.2) is 38.7 Å². The molecule has 0 radical (unpaired) electrons. The molecule has 0 fully saturated rings. The first-order valence-corrected chi connectivity index (χ1v) is 7.07. The Kier molecular flexibility index (Phi) is 14.9. The molecule has 0 aliphatic heterocycles. The molecule has 0 aromatic carbocycles. The van der Waals surface area contributed by atoms with Crippen LogP contribution in [0.5, 0.6) is 0 Å². The molecule has 0 spiro atoms. The molecular weight excluding hydrogens is 276 g/mol. The molecule has 0 unspecified atom stereocenters. The lowest BCUT2D eigenvalue weighted by molar-refractivity contribution is -0.870. The monoisotopic (exact) mass is 308 g/mol. The van der Waals surface area contributed by atoms with E-state index in [0.29, 0.717) is 0 Å². The van der Waals surface area contributed by atoms with Gasteiger partial charge >= 0.3 is 0 Å². The highest BCUT2D eigenvalue weighted by atomic mass is 79.9. The van der Waals surface area contributed by atoms with E-state index >= 15 is 0 Å². The molecule has 0 aromatic rings. The van der Waals surface area contributed by atoms with E-state index in [4.69, 9.17) is 5.73 Å². The van der Waals surface area contributed by atoms with Crippen LogP contribution < -0.4 is 22.7 Å². The zero-order chi connectivity index (χ0) is 12.3. The third-order valence-electron chi connectivity index (χ3n) is 3.03. The fraction of sp³-hybridized carbons (Fsp3) is 1.00. The van der Waals surface area contributed by atoms with Gasteiger partial charge in [0.05, 0.1) is 27.7 Å². The Morgan fingerprint density at radius 2 is 1.00 bits per heavy atom. The predicted octanol–water partition coefficient (Wildman–Crippen LogP) is 0.166. The molecule has 2 N–H and O–H groups in total. The minimum absolute atomic E-state index is 0. The van der Waals surface area contributed by atoms with Crippen molar-refractivity contribution in [1.82, 2.24) is 0 Å². The van der Waals surface area contributed by atoms with Crippen LogP contribution >= 0.6 is 0 Å². The summed E-state index contributed by atoms with van der Waals surface area (Å²) in [7, 11) is 6.83. The van der Waals surface area contributed by atoms with Gasteiger partial charge < -0.3 is 27.2 Å². The van der Waals surface area contributed by atoms with E-state index in [2.05, 4.69) is 21.1 Å². The average Bonchev–Trinajstić information content (AvgIpc) is 2.19. The second kappa shape index (κ2) is 12.8. The first-order valence-electron chi connectivity index (χ1n) is 7.07. The minimum Gasteiger partial charge on any atom is -1.00 e. The fourth-order valence-electron chi connectivity index (χ4n) is 1.97. The van der Waals surface area contributed by atoms with Crippen molar-refractivity contribution in [1.29, 1.82) is 0 Å². The van der Waals surface area contributed by atoms with E-state index in [0.717, 1.165) is 11.0 Å². The van der Waals surface area contributed by atoms with Crippen molar-refractivity contribution in [2.75, 3.05) is 34.2 Å². The molecule has 0 aliphatic rings. The quantitative estimate of drug-likeness (QED) is 0.427. The lowest BCUT2D eigenvalue weighted by Gasteiger charge is -2.23. The minimum atomic E-state index is 0. The van der Waals surface area contributed by atoms with Gasteiger partial charge in [0.15, 0.2) is 0 Å². The van der Waals surface area contributed by atoms with Crippen molar-refractivity contribution < 1.29 is 21.5 Å². The number of quaternary nitrogens is 1. The van der Waals surface area contributed by atoms with Crippen molar-refractivity contribution in [3.05, 3.63) is 0 Å². The highest BCUT2D eigenvalue weighted by Crippen LogP contribution is 2.10. The van der Waals surface area contributed by atoms with Crippen molar-refractivity contribution in [2.45, 2.75) is 57.8 Å². The Bertz CT molecular complexity index is 144. The molecule has 0 bridgehead atoms. The van der Waals surface area contributed by atoms with Crippen LogP contribution in [0.3, 0.4) is 0 Å². The molecule has 17 heavy (non-hydrogen) atoms. The average molecular weight is 309 g/mol. The van der Waals surface area contributed by atoms with E-state index in [-0.39, 0.29) is 17.0 Å². The van der Waals surface area contributed by atoms with Gasteiger partial charge in [0.25, 0.3) is 0 Å². The fourth-order valence-corrected chi connectivity index (χ4v) is 1.97. The summed E-state index contributed by atoms with van der Waals surface area (Å²) in [6.07, 6.45) is 12.4. The van der Waals surface area contributed by atoms with Gasteiger partial charge in [-0.25, -0.2) is 0 Å². The van der Waals surface area contributed by atoms with Gasteiger partial charge in [0.2, 0.25) is 0 Å². The van der Waals surface area contributed by atoms with E-state index in [1.807, 2.05) is 0 Å². The molecular formula is C14H33BrN2.